The molecule has 1 heterocycles. The fourth-order valence-corrected chi connectivity index (χ4v) is 2.67. The Labute approximate surface area is 148 Å². The Morgan fingerprint density at radius 3 is 2.40 bits per heavy atom. The van der Waals surface area contributed by atoms with Crippen molar-refractivity contribution in [2.75, 3.05) is 20.6 Å². The summed E-state index contributed by atoms with van der Waals surface area (Å²) in [5.41, 5.74) is 0.906. The summed E-state index contributed by atoms with van der Waals surface area (Å²) < 4.78 is 5.44. The van der Waals surface area contributed by atoms with E-state index in [2.05, 4.69) is 10.6 Å². The molecule has 0 spiro atoms. The summed E-state index contributed by atoms with van der Waals surface area (Å²) in [5, 5.41) is 5.77. The lowest BCUT2D eigenvalue weighted by atomic mass is 10.0. The molecule has 0 saturated carbocycles. The molecule has 2 N–H and O–H groups in total. The number of hydrogen-bond acceptors (Lipinski definition) is 4. The molecule has 0 bridgehead atoms. The van der Waals surface area contributed by atoms with E-state index < -0.39 is 0 Å². The molecule has 0 radical (unpaired) electrons. The van der Waals surface area contributed by atoms with Crippen molar-refractivity contribution >= 4 is 11.8 Å². The standard InChI is InChI=1S/C19H25N3O3/c1-14(23)21-16(15-8-5-4-6-9-15)12-19(24)20-13-17(22(2)3)18-10-7-11-25-18/h4-11,16-17H,12-13H2,1-3H3,(H,20,24)(H,21,23)/t16-,17-/m1/s1. The summed E-state index contributed by atoms with van der Waals surface area (Å²) >= 11 is 0. The largest absolute Gasteiger partial charge is 0.468 e. The minimum atomic E-state index is -0.347. The number of furan rings is 1. The third kappa shape index (κ3) is 5.76. The molecule has 1 aromatic carbocycles. The Kier molecular flexibility index (Phi) is 6.77. The van der Waals surface area contributed by atoms with Crippen molar-refractivity contribution in [2.24, 2.45) is 0 Å². The van der Waals surface area contributed by atoms with E-state index in [4.69, 9.17) is 4.42 Å². The fraction of sp³-hybridized carbons (Fsp3) is 0.368. The van der Waals surface area contributed by atoms with Crippen LogP contribution in [0.3, 0.4) is 0 Å². The topological polar surface area (TPSA) is 74.6 Å². The molecule has 1 aromatic heterocycles. The number of amides is 2. The summed E-state index contributed by atoms with van der Waals surface area (Å²) in [4.78, 5) is 25.8. The molecule has 0 fully saturated rings. The van der Waals surface area contributed by atoms with Crippen molar-refractivity contribution in [1.29, 1.82) is 0 Å². The van der Waals surface area contributed by atoms with Crippen molar-refractivity contribution in [3.8, 4) is 0 Å². The minimum Gasteiger partial charge on any atom is -0.468 e. The number of benzene rings is 1. The van der Waals surface area contributed by atoms with Gasteiger partial charge in [0.2, 0.25) is 11.8 Å². The molecular weight excluding hydrogens is 318 g/mol. The number of rotatable bonds is 8. The molecule has 0 aliphatic carbocycles. The maximum Gasteiger partial charge on any atom is 0.222 e. The van der Waals surface area contributed by atoms with Crippen LogP contribution in [0.5, 0.6) is 0 Å². The lowest BCUT2D eigenvalue weighted by Crippen LogP contribution is -2.37. The van der Waals surface area contributed by atoms with Gasteiger partial charge in [0.05, 0.1) is 24.8 Å². The summed E-state index contributed by atoms with van der Waals surface area (Å²) in [6.07, 6.45) is 1.80. The molecule has 2 aromatic rings. The molecule has 2 atom stereocenters. The van der Waals surface area contributed by atoms with E-state index in [0.717, 1.165) is 11.3 Å². The highest BCUT2D eigenvalue weighted by Gasteiger charge is 2.20. The van der Waals surface area contributed by atoms with E-state index >= 15 is 0 Å². The normalized spacial score (nSPS) is 13.3. The van der Waals surface area contributed by atoms with Crippen LogP contribution >= 0.6 is 0 Å². The van der Waals surface area contributed by atoms with Gasteiger partial charge in [-0.15, -0.1) is 0 Å². The SMILES string of the molecule is CC(=O)N[C@H](CC(=O)NC[C@H](c1ccco1)N(C)C)c1ccccc1. The van der Waals surface area contributed by atoms with Gasteiger partial charge in [0.25, 0.3) is 0 Å². The maximum atomic E-state index is 12.4. The quantitative estimate of drug-likeness (QED) is 0.771. The lowest BCUT2D eigenvalue weighted by molar-refractivity contribution is -0.123. The Balaban J connectivity index is 1.97. The van der Waals surface area contributed by atoms with E-state index in [9.17, 15) is 9.59 Å². The Hall–Kier alpha value is -2.60. The van der Waals surface area contributed by atoms with E-state index in [1.165, 1.54) is 6.92 Å². The van der Waals surface area contributed by atoms with Crippen LogP contribution in [0.2, 0.25) is 0 Å². The van der Waals surface area contributed by atoms with E-state index in [1.54, 1.807) is 6.26 Å². The number of nitrogens with one attached hydrogen (secondary N) is 2. The van der Waals surface area contributed by atoms with Crippen LogP contribution in [-0.4, -0.2) is 37.4 Å². The van der Waals surface area contributed by atoms with Gasteiger partial charge in [-0.25, -0.2) is 0 Å². The third-order valence-corrected chi connectivity index (χ3v) is 3.96. The predicted molar refractivity (Wildman–Crippen MR) is 95.8 cm³/mol. The molecule has 6 heteroatoms. The van der Waals surface area contributed by atoms with Crippen molar-refractivity contribution in [1.82, 2.24) is 15.5 Å². The average Bonchev–Trinajstić information content (AvgIpc) is 3.08. The van der Waals surface area contributed by atoms with Gasteiger partial charge in [0.1, 0.15) is 5.76 Å². The summed E-state index contributed by atoms with van der Waals surface area (Å²) in [7, 11) is 3.87. The second kappa shape index (κ2) is 9.03. The van der Waals surface area contributed by atoms with Crippen LogP contribution in [-0.2, 0) is 9.59 Å². The molecule has 2 amide bonds. The second-order valence-corrected chi connectivity index (χ2v) is 6.17. The van der Waals surface area contributed by atoms with Gasteiger partial charge >= 0.3 is 0 Å². The smallest absolute Gasteiger partial charge is 0.222 e. The van der Waals surface area contributed by atoms with Crippen LogP contribution in [0.1, 0.15) is 36.8 Å². The average molecular weight is 343 g/mol. The highest BCUT2D eigenvalue weighted by atomic mass is 16.3. The van der Waals surface area contributed by atoms with E-state index in [-0.39, 0.29) is 30.3 Å². The summed E-state index contributed by atoms with van der Waals surface area (Å²) in [6.45, 7) is 1.88. The van der Waals surface area contributed by atoms with Crippen LogP contribution in [0.25, 0.3) is 0 Å². The van der Waals surface area contributed by atoms with Crippen molar-refractivity contribution < 1.29 is 14.0 Å². The van der Waals surface area contributed by atoms with Crippen molar-refractivity contribution in [3.63, 3.8) is 0 Å². The number of nitrogens with zero attached hydrogens (tertiary/aromatic N) is 1. The number of carbonyl (C=O) groups excluding carboxylic acids is 2. The fourth-order valence-electron chi connectivity index (χ4n) is 2.67. The predicted octanol–water partition coefficient (Wildman–Crippen LogP) is 2.27. The Bertz CT molecular complexity index is 668. The molecule has 6 nitrogen and oxygen atoms in total. The molecule has 2 rings (SSSR count). The first-order chi connectivity index (χ1) is 12.0. The minimum absolute atomic E-state index is 0.0464. The zero-order chi connectivity index (χ0) is 18.2. The van der Waals surface area contributed by atoms with Crippen molar-refractivity contribution in [3.05, 3.63) is 60.1 Å². The molecular formula is C19H25N3O3. The first-order valence-electron chi connectivity index (χ1n) is 8.26. The van der Waals surface area contributed by atoms with Gasteiger partial charge in [-0.2, -0.15) is 0 Å². The molecule has 25 heavy (non-hydrogen) atoms. The maximum absolute atomic E-state index is 12.4. The first kappa shape index (κ1) is 18.7. The van der Waals surface area contributed by atoms with Crippen LogP contribution < -0.4 is 10.6 Å². The summed E-state index contributed by atoms with van der Waals surface area (Å²) in [5.74, 6) is 0.510. The molecule has 0 unspecified atom stereocenters. The zero-order valence-electron chi connectivity index (χ0n) is 14.9. The van der Waals surface area contributed by atoms with Gasteiger partial charge in [0.15, 0.2) is 0 Å². The molecule has 0 saturated heterocycles. The highest BCUT2D eigenvalue weighted by molar-refractivity contribution is 5.79. The van der Waals surface area contributed by atoms with Gasteiger partial charge in [0, 0.05) is 13.5 Å². The van der Waals surface area contributed by atoms with Gasteiger partial charge in [-0.3, -0.25) is 14.5 Å². The molecule has 0 aliphatic rings. The Morgan fingerprint density at radius 2 is 1.84 bits per heavy atom. The summed E-state index contributed by atoms with van der Waals surface area (Å²) in [6, 6.07) is 12.8. The van der Waals surface area contributed by atoms with Crippen molar-refractivity contribution in [2.45, 2.75) is 25.4 Å². The monoisotopic (exact) mass is 343 g/mol. The zero-order valence-corrected chi connectivity index (χ0v) is 14.9. The Morgan fingerprint density at radius 1 is 1.12 bits per heavy atom. The van der Waals surface area contributed by atoms with Crippen LogP contribution in [0.15, 0.2) is 53.1 Å². The number of likely N-dealkylation sites (N-methyl/N-ethyl adjacent to an activating group) is 1. The van der Waals surface area contributed by atoms with E-state index in [1.807, 2.05) is 61.5 Å². The number of carbonyl (C=O) groups is 2. The molecule has 134 valence electrons. The second-order valence-electron chi connectivity index (χ2n) is 6.17. The van der Waals surface area contributed by atoms with Crippen LogP contribution in [0, 0.1) is 0 Å². The van der Waals surface area contributed by atoms with Crippen LogP contribution in [0.4, 0.5) is 0 Å². The third-order valence-electron chi connectivity index (χ3n) is 3.96. The first-order valence-corrected chi connectivity index (χ1v) is 8.26. The van der Waals surface area contributed by atoms with Gasteiger partial charge in [-0.1, -0.05) is 30.3 Å². The van der Waals surface area contributed by atoms with E-state index in [0.29, 0.717) is 6.54 Å². The number of hydrogen-bond donors (Lipinski definition) is 2. The lowest BCUT2D eigenvalue weighted by Gasteiger charge is -2.23. The van der Waals surface area contributed by atoms with Gasteiger partial charge < -0.3 is 15.1 Å². The van der Waals surface area contributed by atoms with Gasteiger partial charge in [-0.05, 0) is 31.8 Å². The molecule has 0 aliphatic heterocycles. The highest BCUT2D eigenvalue weighted by Crippen LogP contribution is 2.19.